The molecule has 3 heterocycles. The summed E-state index contributed by atoms with van der Waals surface area (Å²) in [5.74, 6) is 0.678. The Balaban J connectivity index is 0.00000192. The number of halogens is 1. The minimum Gasteiger partial charge on any atom is -1.00 e. The van der Waals surface area contributed by atoms with Gasteiger partial charge in [-0.15, -0.1) is 0 Å². The first kappa shape index (κ1) is 18.7. The molecular formula is C21H20ClN4O2-. The summed E-state index contributed by atoms with van der Waals surface area (Å²) in [4.78, 5) is 11.2. The molecule has 1 fully saturated rings. The molecule has 2 aromatic carbocycles. The van der Waals surface area contributed by atoms with Crippen LogP contribution < -0.4 is 17.7 Å². The lowest BCUT2D eigenvalue weighted by molar-refractivity contribution is -0.00000793. The maximum absolute atomic E-state index is 5.97. The number of furan rings is 1. The molecule has 4 aromatic rings. The Morgan fingerprint density at radius 3 is 2.57 bits per heavy atom. The molecule has 0 saturated carbocycles. The van der Waals surface area contributed by atoms with Crippen molar-refractivity contribution in [1.29, 1.82) is 0 Å². The Kier molecular flexibility index (Phi) is 5.43. The van der Waals surface area contributed by atoms with Gasteiger partial charge in [0.1, 0.15) is 17.4 Å². The molecule has 0 aliphatic carbocycles. The highest BCUT2D eigenvalue weighted by Gasteiger charge is 2.13. The zero-order valence-electron chi connectivity index (χ0n) is 15.3. The van der Waals surface area contributed by atoms with E-state index in [9.17, 15) is 0 Å². The first-order chi connectivity index (χ1) is 13.4. The second-order valence-corrected chi connectivity index (χ2v) is 6.71. The summed E-state index contributed by atoms with van der Waals surface area (Å²) in [5, 5.41) is 4.36. The van der Waals surface area contributed by atoms with Crippen molar-refractivity contribution in [3.8, 4) is 0 Å². The van der Waals surface area contributed by atoms with Crippen molar-refractivity contribution in [3.05, 3.63) is 60.4 Å². The molecule has 1 N–H and O–H groups in total. The number of ether oxygens (including phenoxy) is 1. The SMILES string of the molecule is [Cl-].c1ccc2c(c1)oc1c(Nc3ccc(CN4CCOCC4)cc3)ncnc12. The van der Waals surface area contributed by atoms with Gasteiger partial charge in [-0.3, -0.25) is 4.90 Å². The quantitative estimate of drug-likeness (QED) is 0.555. The summed E-state index contributed by atoms with van der Waals surface area (Å²) in [6.07, 6.45) is 1.57. The lowest BCUT2D eigenvalue weighted by Gasteiger charge is -2.26. The van der Waals surface area contributed by atoms with E-state index >= 15 is 0 Å². The molecule has 0 radical (unpaired) electrons. The largest absolute Gasteiger partial charge is 1.00 e. The van der Waals surface area contributed by atoms with Crippen LogP contribution in [-0.4, -0.2) is 41.2 Å². The van der Waals surface area contributed by atoms with Crippen LogP contribution in [-0.2, 0) is 11.3 Å². The summed E-state index contributed by atoms with van der Waals surface area (Å²) in [5.41, 5.74) is 4.58. The van der Waals surface area contributed by atoms with Crippen molar-refractivity contribution >= 4 is 33.6 Å². The molecule has 0 atom stereocenters. The molecule has 28 heavy (non-hydrogen) atoms. The molecule has 5 rings (SSSR count). The summed E-state index contributed by atoms with van der Waals surface area (Å²) < 4.78 is 11.4. The lowest BCUT2D eigenvalue weighted by Crippen LogP contribution is -3.00. The van der Waals surface area contributed by atoms with Crippen molar-refractivity contribution in [2.75, 3.05) is 31.6 Å². The van der Waals surface area contributed by atoms with Gasteiger partial charge in [0.15, 0.2) is 11.4 Å². The Morgan fingerprint density at radius 1 is 0.964 bits per heavy atom. The third-order valence-electron chi connectivity index (χ3n) is 4.88. The number of nitrogens with zero attached hydrogens (tertiary/aromatic N) is 3. The van der Waals surface area contributed by atoms with Crippen molar-refractivity contribution < 1.29 is 21.6 Å². The maximum atomic E-state index is 5.97. The van der Waals surface area contributed by atoms with E-state index in [-0.39, 0.29) is 12.4 Å². The van der Waals surface area contributed by atoms with Crippen molar-refractivity contribution in [3.63, 3.8) is 0 Å². The average molecular weight is 396 g/mol. The second-order valence-electron chi connectivity index (χ2n) is 6.71. The number of nitrogens with one attached hydrogen (secondary N) is 1. The van der Waals surface area contributed by atoms with Crippen LogP contribution in [0.5, 0.6) is 0 Å². The predicted molar refractivity (Wildman–Crippen MR) is 105 cm³/mol. The van der Waals surface area contributed by atoms with E-state index in [0.717, 1.165) is 55.0 Å². The molecule has 144 valence electrons. The minimum atomic E-state index is 0. The molecule has 0 unspecified atom stereocenters. The predicted octanol–water partition coefficient (Wildman–Crippen LogP) is 0.956. The average Bonchev–Trinajstić information content (AvgIpc) is 3.10. The molecule has 1 aliphatic rings. The van der Waals surface area contributed by atoms with Crippen LogP contribution in [0.1, 0.15) is 5.56 Å². The van der Waals surface area contributed by atoms with Gasteiger partial charge < -0.3 is 26.9 Å². The molecule has 0 amide bonds. The Hall–Kier alpha value is -2.67. The van der Waals surface area contributed by atoms with Crippen LogP contribution in [0.15, 0.2) is 59.3 Å². The number of aromatic nitrogens is 2. The number of hydrogen-bond donors (Lipinski definition) is 1. The van der Waals surface area contributed by atoms with Crippen LogP contribution in [0, 0.1) is 0 Å². The van der Waals surface area contributed by atoms with Crippen molar-refractivity contribution in [2.45, 2.75) is 6.54 Å². The monoisotopic (exact) mass is 395 g/mol. The standard InChI is InChI=1S/C21H20N4O2.ClH/c1-2-4-18-17(3-1)19-20(27-18)21(23-14-22-19)24-16-7-5-15(6-8-16)13-25-9-11-26-12-10-25;/h1-8,14H,9-13H2,(H,22,23,24);1H/p-1. The Morgan fingerprint density at radius 2 is 1.75 bits per heavy atom. The van der Waals surface area contributed by atoms with Crippen molar-refractivity contribution in [2.24, 2.45) is 0 Å². The highest BCUT2D eigenvalue weighted by atomic mass is 35.5. The zero-order valence-corrected chi connectivity index (χ0v) is 16.0. The number of morpholine rings is 1. The fourth-order valence-electron chi connectivity index (χ4n) is 3.46. The van der Waals surface area contributed by atoms with Crippen LogP contribution in [0.3, 0.4) is 0 Å². The smallest absolute Gasteiger partial charge is 0.196 e. The molecule has 1 aliphatic heterocycles. The fourth-order valence-corrected chi connectivity index (χ4v) is 3.46. The van der Waals surface area contributed by atoms with Gasteiger partial charge in [0, 0.05) is 30.7 Å². The summed E-state index contributed by atoms with van der Waals surface area (Å²) in [6.45, 7) is 4.57. The zero-order chi connectivity index (χ0) is 18.1. The van der Waals surface area contributed by atoms with Gasteiger partial charge in [0.2, 0.25) is 0 Å². The molecular weight excluding hydrogens is 376 g/mol. The van der Waals surface area contributed by atoms with Crippen molar-refractivity contribution in [1.82, 2.24) is 14.9 Å². The number of rotatable bonds is 4. The van der Waals surface area contributed by atoms with E-state index in [4.69, 9.17) is 9.15 Å². The molecule has 2 aromatic heterocycles. The van der Waals surface area contributed by atoms with Crippen LogP contribution in [0.25, 0.3) is 22.1 Å². The second kappa shape index (κ2) is 8.14. The van der Waals surface area contributed by atoms with Gasteiger partial charge in [-0.2, -0.15) is 0 Å². The number of para-hydroxylation sites is 1. The van der Waals surface area contributed by atoms with E-state index in [1.807, 2.05) is 24.3 Å². The first-order valence-electron chi connectivity index (χ1n) is 9.15. The van der Waals surface area contributed by atoms with E-state index in [1.165, 1.54) is 5.56 Å². The van der Waals surface area contributed by atoms with Gasteiger partial charge in [-0.05, 0) is 29.8 Å². The molecule has 6 nitrogen and oxygen atoms in total. The number of anilines is 2. The first-order valence-corrected chi connectivity index (χ1v) is 9.15. The minimum absolute atomic E-state index is 0. The molecule has 0 spiro atoms. The van der Waals surface area contributed by atoms with Crippen LogP contribution in [0.4, 0.5) is 11.5 Å². The number of fused-ring (bicyclic) bond motifs is 3. The Bertz CT molecular complexity index is 1070. The van der Waals surface area contributed by atoms with Gasteiger partial charge in [0.05, 0.1) is 13.2 Å². The number of hydrogen-bond acceptors (Lipinski definition) is 6. The lowest BCUT2D eigenvalue weighted by atomic mass is 10.2. The topological polar surface area (TPSA) is 63.4 Å². The summed E-state index contributed by atoms with van der Waals surface area (Å²) >= 11 is 0. The van der Waals surface area contributed by atoms with Gasteiger partial charge in [-0.25, -0.2) is 9.97 Å². The summed E-state index contributed by atoms with van der Waals surface area (Å²) in [7, 11) is 0. The van der Waals surface area contributed by atoms with E-state index in [2.05, 4.69) is 44.5 Å². The third kappa shape index (κ3) is 3.67. The van der Waals surface area contributed by atoms with E-state index < -0.39 is 0 Å². The Labute approximate surface area is 168 Å². The highest BCUT2D eigenvalue weighted by Crippen LogP contribution is 2.31. The van der Waals surface area contributed by atoms with E-state index in [0.29, 0.717) is 11.4 Å². The normalized spacial score (nSPS) is 14.9. The molecule has 7 heteroatoms. The van der Waals surface area contributed by atoms with Crippen LogP contribution >= 0.6 is 0 Å². The third-order valence-corrected chi connectivity index (χ3v) is 4.88. The fraction of sp³-hybridized carbons (Fsp3) is 0.238. The summed E-state index contributed by atoms with van der Waals surface area (Å²) in [6, 6.07) is 16.3. The van der Waals surface area contributed by atoms with E-state index in [1.54, 1.807) is 6.33 Å². The molecule has 1 saturated heterocycles. The number of benzene rings is 2. The highest BCUT2D eigenvalue weighted by molar-refractivity contribution is 6.05. The van der Waals surface area contributed by atoms with Gasteiger partial charge in [-0.1, -0.05) is 24.3 Å². The van der Waals surface area contributed by atoms with Gasteiger partial charge in [0.25, 0.3) is 0 Å². The van der Waals surface area contributed by atoms with Gasteiger partial charge >= 0.3 is 0 Å². The molecule has 0 bridgehead atoms. The maximum Gasteiger partial charge on any atom is 0.196 e. The van der Waals surface area contributed by atoms with Crippen LogP contribution in [0.2, 0.25) is 0 Å².